The van der Waals surface area contributed by atoms with Gasteiger partial charge in [0, 0.05) is 12.0 Å². The molecule has 0 heterocycles. The van der Waals surface area contributed by atoms with Crippen LogP contribution >= 0.6 is 0 Å². The first-order valence-corrected chi connectivity index (χ1v) is 4.44. The van der Waals surface area contributed by atoms with E-state index in [1.807, 2.05) is 37.3 Å². The Morgan fingerprint density at radius 3 is 2.36 bits per heavy atom. The molecule has 74 valence electrons. The summed E-state index contributed by atoms with van der Waals surface area (Å²) in [6, 6.07) is 9.42. The molecule has 1 aromatic carbocycles. The van der Waals surface area contributed by atoms with Gasteiger partial charge in [0.05, 0.1) is 0 Å². The fourth-order valence-corrected chi connectivity index (χ4v) is 0.995. The van der Waals surface area contributed by atoms with Gasteiger partial charge in [-0.15, -0.1) is 0 Å². The first-order valence-electron chi connectivity index (χ1n) is 4.44. The number of aliphatic hydroxyl groups excluding tert-OH is 1. The number of rotatable bonds is 3. The summed E-state index contributed by atoms with van der Waals surface area (Å²) in [7, 11) is 0. The molecule has 0 amide bonds. The molecular weight excluding hydrogens is 176 g/mol. The highest BCUT2D eigenvalue weighted by atomic mass is 16.2. The van der Waals surface area contributed by atoms with E-state index in [9.17, 15) is 4.79 Å². The van der Waals surface area contributed by atoms with Crippen molar-refractivity contribution in [3.63, 3.8) is 0 Å². The normalized spacial score (nSPS) is 8.00. The monoisotopic (exact) mass is 190 g/mol. The average Bonchev–Trinajstić information content (AvgIpc) is 2.21. The van der Waals surface area contributed by atoms with Crippen LogP contribution in [-0.2, 0) is 0 Å². The Hall–Kier alpha value is -1.75. The molecule has 0 aliphatic heterocycles. The van der Waals surface area contributed by atoms with Crippen molar-refractivity contribution in [3.8, 4) is 12.5 Å². The molecule has 0 saturated carbocycles. The number of Topliss-reactive ketones (excluding diaryl/α,β-unsaturated/α-hetero) is 1. The van der Waals surface area contributed by atoms with Crippen LogP contribution in [0.15, 0.2) is 30.3 Å². The highest BCUT2D eigenvalue weighted by molar-refractivity contribution is 5.95. The van der Waals surface area contributed by atoms with E-state index in [2.05, 4.69) is 6.42 Å². The van der Waals surface area contributed by atoms with Crippen molar-refractivity contribution in [2.45, 2.75) is 19.8 Å². The summed E-state index contributed by atoms with van der Waals surface area (Å²) in [5.41, 5.74) is 0.828. The van der Waals surface area contributed by atoms with Gasteiger partial charge >= 0.3 is 0 Å². The van der Waals surface area contributed by atoms with Gasteiger partial charge in [0.25, 0.3) is 0 Å². The quantitative estimate of drug-likeness (QED) is 0.587. The van der Waals surface area contributed by atoms with Crippen molar-refractivity contribution in [1.82, 2.24) is 0 Å². The van der Waals surface area contributed by atoms with Crippen LogP contribution in [0.1, 0.15) is 30.1 Å². The van der Waals surface area contributed by atoms with Crippen molar-refractivity contribution in [1.29, 1.82) is 0 Å². The van der Waals surface area contributed by atoms with Gasteiger partial charge in [-0.3, -0.25) is 4.79 Å². The predicted molar refractivity (Wildman–Crippen MR) is 56.4 cm³/mol. The van der Waals surface area contributed by atoms with E-state index in [1.54, 1.807) is 0 Å². The van der Waals surface area contributed by atoms with E-state index in [0.29, 0.717) is 6.42 Å². The Balaban J connectivity index is 0.000000500. The second-order valence-electron chi connectivity index (χ2n) is 2.67. The lowest BCUT2D eigenvalue weighted by atomic mass is 10.1. The minimum absolute atomic E-state index is 0.244. The molecule has 0 bridgehead atoms. The molecule has 0 radical (unpaired) electrons. The Kier molecular flexibility index (Phi) is 6.89. The Bertz CT molecular complexity index is 296. The molecule has 0 aliphatic carbocycles. The molecule has 0 atom stereocenters. The van der Waals surface area contributed by atoms with Crippen LogP contribution in [0.3, 0.4) is 0 Å². The Morgan fingerprint density at radius 2 is 1.93 bits per heavy atom. The van der Waals surface area contributed by atoms with E-state index < -0.39 is 0 Å². The molecule has 0 aromatic heterocycles. The molecule has 2 heteroatoms. The van der Waals surface area contributed by atoms with Crippen molar-refractivity contribution in [2.24, 2.45) is 0 Å². The second kappa shape index (κ2) is 7.88. The zero-order valence-electron chi connectivity index (χ0n) is 8.23. The average molecular weight is 190 g/mol. The smallest absolute Gasteiger partial charge is 0.162 e. The van der Waals surface area contributed by atoms with Crippen LogP contribution < -0.4 is 0 Å². The molecule has 1 aromatic rings. The highest BCUT2D eigenvalue weighted by Crippen LogP contribution is 2.03. The molecule has 0 spiro atoms. The van der Waals surface area contributed by atoms with E-state index in [1.165, 1.54) is 6.11 Å². The lowest BCUT2D eigenvalue weighted by molar-refractivity contribution is 0.0982. The fraction of sp³-hybridized carbons (Fsp3) is 0.250. The molecule has 1 N–H and O–H groups in total. The van der Waals surface area contributed by atoms with Crippen molar-refractivity contribution in [2.75, 3.05) is 0 Å². The maximum Gasteiger partial charge on any atom is 0.162 e. The molecule has 2 nitrogen and oxygen atoms in total. The lowest BCUT2D eigenvalue weighted by Crippen LogP contribution is -1.96. The molecule has 0 saturated heterocycles. The van der Waals surface area contributed by atoms with E-state index in [-0.39, 0.29) is 5.78 Å². The van der Waals surface area contributed by atoms with Gasteiger partial charge in [-0.2, -0.15) is 0 Å². The third-order valence-corrected chi connectivity index (χ3v) is 1.57. The summed E-state index contributed by atoms with van der Waals surface area (Å²) in [6.07, 6.45) is 6.98. The van der Waals surface area contributed by atoms with E-state index >= 15 is 0 Å². The highest BCUT2D eigenvalue weighted by Gasteiger charge is 2.01. The number of hydrogen-bond donors (Lipinski definition) is 1. The minimum atomic E-state index is 0.244. The largest absolute Gasteiger partial charge is 0.462 e. The molecule has 0 aliphatic rings. The summed E-state index contributed by atoms with van der Waals surface area (Å²) < 4.78 is 0. The summed E-state index contributed by atoms with van der Waals surface area (Å²) in [5.74, 6) is 0.244. The van der Waals surface area contributed by atoms with Crippen molar-refractivity contribution in [3.05, 3.63) is 35.9 Å². The van der Waals surface area contributed by atoms with Gasteiger partial charge in [0.2, 0.25) is 0 Å². The van der Waals surface area contributed by atoms with E-state index in [4.69, 9.17) is 5.11 Å². The fourth-order valence-electron chi connectivity index (χ4n) is 0.995. The Morgan fingerprint density at radius 1 is 1.43 bits per heavy atom. The van der Waals surface area contributed by atoms with Crippen LogP contribution in [0.2, 0.25) is 0 Å². The number of carbonyl (C=O) groups excluding carboxylic acids is 1. The molecule has 1 rings (SSSR count). The number of benzene rings is 1. The summed E-state index contributed by atoms with van der Waals surface area (Å²) >= 11 is 0. The first kappa shape index (κ1) is 12.2. The maximum absolute atomic E-state index is 11.2. The molecule has 0 fully saturated rings. The van der Waals surface area contributed by atoms with E-state index in [0.717, 1.165) is 12.0 Å². The van der Waals surface area contributed by atoms with Crippen LogP contribution in [0.5, 0.6) is 0 Å². The second-order valence-corrected chi connectivity index (χ2v) is 2.67. The first-order chi connectivity index (χ1) is 6.76. The minimum Gasteiger partial charge on any atom is -0.462 e. The third kappa shape index (κ3) is 5.00. The lowest BCUT2D eigenvalue weighted by Gasteiger charge is -1.96. The van der Waals surface area contributed by atoms with Gasteiger partial charge in [0.15, 0.2) is 5.78 Å². The van der Waals surface area contributed by atoms with Crippen LogP contribution in [-0.4, -0.2) is 10.9 Å². The number of terminal acetylenes is 1. The molecule has 0 unspecified atom stereocenters. The molecule has 14 heavy (non-hydrogen) atoms. The standard InChI is InChI=1S/C10H12O.C2H2O/c1-2-6-10(11)9-7-4-3-5-8-9;1-2-3/h3-5,7-8H,2,6H2,1H3;1,3H. The number of aliphatic hydroxyl groups is 1. The van der Waals surface area contributed by atoms with Gasteiger partial charge < -0.3 is 5.11 Å². The van der Waals surface area contributed by atoms with Crippen LogP contribution in [0.4, 0.5) is 0 Å². The zero-order valence-corrected chi connectivity index (χ0v) is 8.23. The number of hydrogen-bond acceptors (Lipinski definition) is 2. The summed E-state index contributed by atoms with van der Waals surface area (Å²) in [5, 5.41) is 7.10. The summed E-state index contributed by atoms with van der Waals surface area (Å²) in [4.78, 5) is 11.2. The maximum atomic E-state index is 11.2. The van der Waals surface area contributed by atoms with Crippen molar-refractivity contribution < 1.29 is 9.90 Å². The topological polar surface area (TPSA) is 37.3 Å². The van der Waals surface area contributed by atoms with Gasteiger partial charge in [-0.1, -0.05) is 43.7 Å². The van der Waals surface area contributed by atoms with Crippen molar-refractivity contribution >= 4 is 5.78 Å². The third-order valence-electron chi connectivity index (χ3n) is 1.57. The number of ketones is 1. The summed E-state index contributed by atoms with van der Waals surface area (Å²) in [6.45, 7) is 2.01. The Labute approximate surface area is 84.6 Å². The zero-order chi connectivity index (χ0) is 10.8. The number of carbonyl (C=O) groups is 1. The van der Waals surface area contributed by atoms with Crippen LogP contribution in [0.25, 0.3) is 0 Å². The van der Waals surface area contributed by atoms with Crippen LogP contribution in [0, 0.1) is 12.5 Å². The molecular formula is C12H14O2. The van der Waals surface area contributed by atoms with Gasteiger partial charge in [-0.05, 0) is 6.42 Å². The SMILES string of the molecule is C#CO.CCCC(=O)c1ccccc1. The van der Waals surface area contributed by atoms with Gasteiger partial charge in [-0.25, -0.2) is 0 Å². The van der Waals surface area contributed by atoms with Gasteiger partial charge in [0.1, 0.15) is 6.11 Å². The predicted octanol–water partition coefficient (Wildman–Crippen LogP) is 2.62.